The van der Waals surface area contributed by atoms with Gasteiger partial charge in [0.2, 0.25) is 5.91 Å². The number of rotatable bonds is 10. The molecule has 1 unspecified atom stereocenters. The number of aromatic nitrogens is 4. The van der Waals surface area contributed by atoms with Crippen LogP contribution in [0.5, 0.6) is 0 Å². The number of benzene rings is 1. The van der Waals surface area contributed by atoms with Gasteiger partial charge in [-0.1, -0.05) is 43.0 Å². The fraction of sp³-hybridized carbons (Fsp3) is 0.364. The number of amides is 1. The van der Waals surface area contributed by atoms with E-state index < -0.39 is 0 Å². The molecule has 1 aromatic carbocycles. The number of carbonyl (C=O) groups is 1. The Kier molecular flexibility index (Phi) is 7.98. The predicted molar refractivity (Wildman–Crippen MR) is 118 cm³/mol. The van der Waals surface area contributed by atoms with Crippen LogP contribution in [0.4, 0.5) is 0 Å². The first-order valence-electron chi connectivity index (χ1n) is 9.96. The molecule has 0 saturated carbocycles. The number of thioether (sulfide) groups is 1. The quantitative estimate of drug-likeness (QED) is 0.501. The molecule has 8 heteroatoms. The molecule has 0 aliphatic rings. The maximum atomic E-state index is 12.5. The highest BCUT2D eigenvalue weighted by molar-refractivity contribution is 7.99. The molecule has 3 aromatic rings. The summed E-state index contributed by atoms with van der Waals surface area (Å²) < 4.78 is 7.20. The van der Waals surface area contributed by atoms with Crippen LogP contribution in [0, 0.1) is 0 Å². The maximum absolute atomic E-state index is 12.5. The molecular weight excluding hydrogens is 398 g/mol. The molecule has 0 aliphatic heterocycles. The van der Waals surface area contributed by atoms with Crippen LogP contribution in [-0.2, 0) is 22.5 Å². The van der Waals surface area contributed by atoms with Gasteiger partial charge in [-0.2, -0.15) is 0 Å². The van der Waals surface area contributed by atoms with Crippen LogP contribution in [0.3, 0.4) is 0 Å². The normalized spacial score (nSPS) is 12.0. The molecule has 7 nitrogen and oxygen atoms in total. The fourth-order valence-electron chi connectivity index (χ4n) is 3.03. The van der Waals surface area contributed by atoms with Gasteiger partial charge in [0.05, 0.1) is 24.9 Å². The Morgan fingerprint density at radius 2 is 1.90 bits per heavy atom. The van der Waals surface area contributed by atoms with E-state index in [0.717, 1.165) is 23.4 Å². The van der Waals surface area contributed by atoms with Gasteiger partial charge in [-0.05, 0) is 36.6 Å². The van der Waals surface area contributed by atoms with Crippen molar-refractivity contribution in [1.29, 1.82) is 0 Å². The molecule has 158 valence electrons. The van der Waals surface area contributed by atoms with Crippen LogP contribution >= 0.6 is 11.8 Å². The zero-order valence-corrected chi connectivity index (χ0v) is 18.4. The average molecular weight is 426 g/mol. The van der Waals surface area contributed by atoms with Crippen LogP contribution in [0.2, 0.25) is 0 Å². The fourth-order valence-corrected chi connectivity index (χ4v) is 3.81. The summed E-state index contributed by atoms with van der Waals surface area (Å²) in [5.41, 5.74) is 3.30. The maximum Gasteiger partial charge on any atom is 0.230 e. The number of hydrogen-bond acceptors (Lipinski definition) is 6. The Balaban J connectivity index is 1.64. The summed E-state index contributed by atoms with van der Waals surface area (Å²) in [5, 5.41) is 12.4. The molecule has 2 heterocycles. The van der Waals surface area contributed by atoms with Crippen molar-refractivity contribution in [2.24, 2.45) is 0 Å². The number of carbonyl (C=O) groups excluding carboxylic acids is 1. The Hall–Kier alpha value is -2.71. The second-order valence-corrected chi connectivity index (χ2v) is 7.80. The lowest BCUT2D eigenvalue weighted by molar-refractivity contribution is -0.119. The van der Waals surface area contributed by atoms with Gasteiger partial charge in [0.1, 0.15) is 0 Å². The van der Waals surface area contributed by atoms with Gasteiger partial charge >= 0.3 is 0 Å². The molecule has 0 saturated heterocycles. The number of nitrogens with one attached hydrogen (secondary N) is 1. The lowest BCUT2D eigenvalue weighted by atomic mass is 10.1. The molecule has 1 N–H and O–H groups in total. The van der Waals surface area contributed by atoms with Gasteiger partial charge in [0, 0.05) is 25.1 Å². The summed E-state index contributed by atoms with van der Waals surface area (Å²) in [4.78, 5) is 16.6. The van der Waals surface area contributed by atoms with Gasteiger partial charge < -0.3 is 10.1 Å². The third-order valence-electron chi connectivity index (χ3n) is 4.77. The summed E-state index contributed by atoms with van der Waals surface area (Å²) >= 11 is 1.37. The summed E-state index contributed by atoms with van der Waals surface area (Å²) in [5.74, 6) is 0.958. The molecule has 0 bridgehead atoms. The largest absolute Gasteiger partial charge is 0.383 e. The van der Waals surface area contributed by atoms with Crippen molar-refractivity contribution in [3.63, 3.8) is 0 Å². The van der Waals surface area contributed by atoms with Gasteiger partial charge in [0.25, 0.3) is 0 Å². The summed E-state index contributed by atoms with van der Waals surface area (Å²) in [7, 11) is 1.66. The molecule has 0 fully saturated rings. The first-order valence-corrected chi connectivity index (χ1v) is 10.9. The van der Waals surface area contributed by atoms with Crippen molar-refractivity contribution >= 4 is 17.7 Å². The Bertz CT molecular complexity index is 944. The molecule has 1 atom stereocenters. The van der Waals surface area contributed by atoms with E-state index in [1.165, 1.54) is 17.3 Å². The van der Waals surface area contributed by atoms with Crippen LogP contribution in [0.15, 0.2) is 53.9 Å². The van der Waals surface area contributed by atoms with E-state index in [2.05, 4.69) is 51.7 Å². The zero-order valence-electron chi connectivity index (χ0n) is 17.5. The third kappa shape index (κ3) is 5.67. The van der Waals surface area contributed by atoms with E-state index in [9.17, 15) is 4.79 Å². The van der Waals surface area contributed by atoms with E-state index >= 15 is 0 Å². The van der Waals surface area contributed by atoms with Crippen molar-refractivity contribution in [3.05, 3.63) is 59.9 Å². The number of methoxy groups -OCH3 is 1. The first-order chi connectivity index (χ1) is 14.6. The van der Waals surface area contributed by atoms with E-state index in [4.69, 9.17) is 4.74 Å². The minimum absolute atomic E-state index is 0.0428. The Morgan fingerprint density at radius 1 is 1.17 bits per heavy atom. The van der Waals surface area contributed by atoms with Crippen molar-refractivity contribution < 1.29 is 9.53 Å². The highest BCUT2D eigenvalue weighted by atomic mass is 32.2. The molecule has 30 heavy (non-hydrogen) atoms. The van der Waals surface area contributed by atoms with Crippen molar-refractivity contribution in [2.45, 2.75) is 38.0 Å². The van der Waals surface area contributed by atoms with E-state index in [1.54, 1.807) is 19.5 Å². The van der Waals surface area contributed by atoms with E-state index in [0.29, 0.717) is 18.3 Å². The number of pyridine rings is 1. The lowest BCUT2D eigenvalue weighted by Gasteiger charge is -2.15. The predicted octanol–water partition coefficient (Wildman–Crippen LogP) is 3.52. The van der Waals surface area contributed by atoms with Gasteiger partial charge in [0.15, 0.2) is 11.0 Å². The lowest BCUT2D eigenvalue weighted by Crippen LogP contribution is -2.28. The minimum atomic E-state index is -0.0530. The standard InChI is InChI=1S/C22H27N5O2S/c1-4-17-5-7-18(8-6-17)16(2)24-20(28)15-30-22-26-25-21(27(22)13-14-29-3)19-9-11-23-12-10-19/h5-12,16H,4,13-15H2,1-3H3,(H,24,28). The van der Waals surface area contributed by atoms with Crippen LogP contribution in [-0.4, -0.2) is 45.1 Å². The topological polar surface area (TPSA) is 81.9 Å². The number of ether oxygens (including phenoxy) is 1. The highest BCUT2D eigenvalue weighted by Crippen LogP contribution is 2.24. The van der Waals surface area contributed by atoms with Gasteiger partial charge in [-0.15, -0.1) is 10.2 Å². The van der Waals surface area contributed by atoms with Gasteiger partial charge in [-0.3, -0.25) is 14.3 Å². The van der Waals surface area contributed by atoms with E-state index in [-0.39, 0.29) is 17.7 Å². The summed E-state index contributed by atoms with van der Waals surface area (Å²) in [6, 6.07) is 12.1. The average Bonchev–Trinajstić information content (AvgIpc) is 3.19. The molecule has 1 amide bonds. The minimum Gasteiger partial charge on any atom is -0.383 e. The van der Waals surface area contributed by atoms with Gasteiger partial charge in [-0.25, -0.2) is 0 Å². The summed E-state index contributed by atoms with van der Waals surface area (Å²) in [6.45, 7) is 5.25. The Labute approximate surface area is 181 Å². The van der Waals surface area contributed by atoms with Crippen LogP contribution in [0.25, 0.3) is 11.4 Å². The number of nitrogens with zero attached hydrogens (tertiary/aromatic N) is 4. The first kappa shape index (κ1) is 22.0. The second kappa shape index (κ2) is 10.9. The molecule has 0 spiro atoms. The van der Waals surface area contributed by atoms with Crippen molar-refractivity contribution in [3.8, 4) is 11.4 Å². The number of aryl methyl sites for hydroxylation is 1. The zero-order chi connectivity index (χ0) is 21.3. The molecule has 0 radical (unpaired) electrons. The van der Waals surface area contributed by atoms with Crippen LogP contribution in [0.1, 0.15) is 31.0 Å². The van der Waals surface area contributed by atoms with Crippen molar-refractivity contribution in [2.75, 3.05) is 19.5 Å². The third-order valence-corrected chi connectivity index (χ3v) is 5.74. The Morgan fingerprint density at radius 3 is 2.57 bits per heavy atom. The highest BCUT2D eigenvalue weighted by Gasteiger charge is 2.16. The van der Waals surface area contributed by atoms with Crippen LogP contribution < -0.4 is 5.32 Å². The molecule has 3 rings (SSSR count). The second-order valence-electron chi connectivity index (χ2n) is 6.86. The molecule has 2 aromatic heterocycles. The number of hydrogen-bond donors (Lipinski definition) is 1. The summed E-state index contributed by atoms with van der Waals surface area (Å²) in [6.07, 6.45) is 4.45. The van der Waals surface area contributed by atoms with E-state index in [1.807, 2.05) is 23.6 Å². The monoisotopic (exact) mass is 425 g/mol. The smallest absolute Gasteiger partial charge is 0.230 e. The van der Waals surface area contributed by atoms with Crippen molar-refractivity contribution in [1.82, 2.24) is 25.1 Å². The molecule has 0 aliphatic carbocycles. The SMILES string of the molecule is CCc1ccc(C(C)NC(=O)CSc2nnc(-c3ccncc3)n2CCOC)cc1. The molecular formula is C22H27N5O2S.